The molecule has 3 N–H and O–H groups in total. The van der Waals surface area contributed by atoms with Gasteiger partial charge in [-0.3, -0.25) is 15.0 Å². The molecule has 4 aliphatic heterocycles. The van der Waals surface area contributed by atoms with Crippen molar-refractivity contribution in [2.24, 2.45) is 11.8 Å². The quantitative estimate of drug-likeness (QED) is 0.608. The second kappa shape index (κ2) is 7.66. The lowest BCUT2D eigenvalue weighted by Crippen LogP contribution is -2.58. The van der Waals surface area contributed by atoms with E-state index >= 15 is 0 Å². The minimum atomic E-state index is -0.778. The summed E-state index contributed by atoms with van der Waals surface area (Å²) in [7, 11) is 0. The van der Waals surface area contributed by atoms with Crippen molar-refractivity contribution >= 4 is 11.8 Å². The minimum absolute atomic E-state index is 0.0561. The summed E-state index contributed by atoms with van der Waals surface area (Å²) in [6.45, 7) is 1.90. The predicted molar refractivity (Wildman–Crippen MR) is 114 cm³/mol. The van der Waals surface area contributed by atoms with Gasteiger partial charge in [-0.2, -0.15) is 0 Å². The molecule has 6 aliphatic rings. The number of fused-ring (bicyclic) bond motifs is 2. The van der Waals surface area contributed by atoms with Crippen LogP contribution in [0.15, 0.2) is 0 Å². The first kappa shape index (κ1) is 20.4. The van der Waals surface area contributed by atoms with Crippen molar-refractivity contribution in [3.63, 3.8) is 0 Å². The zero-order valence-corrected chi connectivity index (χ0v) is 18.3. The number of nitrogens with one attached hydrogen (secondary N) is 3. The highest BCUT2D eigenvalue weighted by Gasteiger charge is 2.56. The van der Waals surface area contributed by atoms with E-state index in [2.05, 4.69) is 16.2 Å². The maximum Gasteiger partial charge on any atom is 0.241 e. The van der Waals surface area contributed by atoms with Crippen molar-refractivity contribution in [1.29, 1.82) is 0 Å². The van der Waals surface area contributed by atoms with E-state index in [4.69, 9.17) is 0 Å². The SMILES string of the molecule is O=C(C1CC2CCCCC2N1)N1CCC2NNC(C(=O)N3CCC(F)CC34CC4)C2C1. The van der Waals surface area contributed by atoms with Crippen LogP contribution in [-0.4, -0.2) is 77.1 Å². The Hall–Kier alpha value is -1.25. The fourth-order valence-electron chi connectivity index (χ4n) is 7.24. The molecule has 172 valence electrons. The molecule has 4 saturated heterocycles. The molecule has 0 bridgehead atoms. The molecule has 0 aromatic heterocycles. The Morgan fingerprint density at radius 1 is 0.935 bits per heavy atom. The second-order valence-electron chi connectivity index (χ2n) is 11.0. The zero-order chi connectivity index (χ0) is 21.2. The van der Waals surface area contributed by atoms with Gasteiger partial charge >= 0.3 is 0 Å². The number of hydrazine groups is 1. The number of alkyl halides is 1. The number of likely N-dealkylation sites (tertiary alicyclic amines) is 2. The van der Waals surface area contributed by atoms with E-state index in [1.807, 2.05) is 9.80 Å². The van der Waals surface area contributed by atoms with Gasteiger partial charge in [-0.1, -0.05) is 12.8 Å². The number of piperidine rings is 2. The average Bonchev–Trinajstić information content (AvgIpc) is 3.23. The molecule has 7 nitrogen and oxygen atoms in total. The molecular weight excluding hydrogens is 397 g/mol. The normalized spacial score (nSPS) is 43.6. The summed E-state index contributed by atoms with van der Waals surface area (Å²) in [5, 5.41) is 3.63. The van der Waals surface area contributed by atoms with Crippen molar-refractivity contribution in [3.8, 4) is 0 Å². The Labute approximate surface area is 183 Å². The van der Waals surface area contributed by atoms with Gasteiger partial charge in [0, 0.05) is 49.6 Å². The standard InChI is InChI=1S/C23H36FN5O2/c24-15-5-10-29(23(12-15)7-8-23)22(31)20-16-13-28(9-6-18(16)26-27-20)21(30)19-11-14-3-1-2-4-17(14)25-19/h14-20,25-27H,1-13H2. The van der Waals surface area contributed by atoms with E-state index in [1.54, 1.807) is 0 Å². The third-order valence-corrected chi connectivity index (χ3v) is 9.18. The van der Waals surface area contributed by atoms with Crippen LogP contribution < -0.4 is 16.2 Å². The monoisotopic (exact) mass is 433 g/mol. The second-order valence-corrected chi connectivity index (χ2v) is 11.0. The van der Waals surface area contributed by atoms with Gasteiger partial charge in [0.1, 0.15) is 12.2 Å². The predicted octanol–water partition coefficient (Wildman–Crippen LogP) is 1.09. The lowest BCUT2D eigenvalue weighted by molar-refractivity contribution is -0.142. The molecule has 4 heterocycles. The Balaban J connectivity index is 1.12. The van der Waals surface area contributed by atoms with Crippen molar-refractivity contribution in [1.82, 2.24) is 26.0 Å². The largest absolute Gasteiger partial charge is 0.341 e. The van der Waals surface area contributed by atoms with Crippen LogP contribution in [0.1, 0.15) is 64.2 Å². The number of hydrogen-bond donors (Lipinski definition) is 3. The number of carbonyl (C=O) groups is 2. The number of amides is 2. The summed E-state index contributed by atoms with van der Waals surface area (Å²) in [5.41, 5.74) is 6.35. The van der Waals surface area contributed by atoms with E-state index in [0.29, 0.717) is 37.9 Å². The third-order valence-electron chi connectivity index (χ3n) is 9.18. The number of rotatable bonds is 2. The molecule has 7 unspecified atom stereocenters. The first-order valence-corrected chi connectivity index (χ1v) is 12.6. The molecule has 0 aromatic carbocycles. The average molecular weight is 434 g/mol. The highest BCUT2D eigenvalue weighted by molar-refractivity contribution is 5.85. The molecule has 2 amide bonds. The molecule has 2 saturated carbocycles. The van der Waals surface area contributed by atoms with Gasteiger partial charge in [0.15, 0.2) is 0 Å². The topological polar surface area (TPSA) is 76.7 Å². The number of carbonyl (C=O) groups excluding carboxylic acids is 2. The smallest absolute Gasteiger partial charge is 0.241 e. The Kier molecular flexibility index (Phi) is 5.03. The van der Waals surface area contributed by atoms with Crippen LogP contribution in [0.5, 0.6) is 0 Å². The molecule has 7 atom stereocenters. The molecule has 6 rings (SSSR count). The van der Waals surface area contributed by atoms with E-state index < -0.39 is 6.17 Å². The molecular formula is C23H36FN5O2. The van der Waals surface area contributed by atoms with Gasteiger partial charge in [-0.05, 0) is 50.9 Å². The van der Waals surface area contributed by atoms with E-state index in [1.165, 1.54) is 25.7 Å². The summed E-state index contributed by atoms with van der Waals surface area (Å²) < 4.78 is 14.0. The molecule has 0 radical (unpaired) electrons. The van der Waals surface area contributed by atoms with Crippen LogP contribution in [0, 0.1) is 11.8 Å². The molecule has 2 aliphatic carbocycles. The van der Waals surface area contributed by atoms with Crippen LogP contribution >= 0.6 is 0 Å². The van der Waals surface area contributed by atoms with Gasteiger partial charge in [0.2, 0.25) is 11.8 Å². The summed E-state index contributed by atoms with van der Waals surface area (Å²) >= 11 is 0. The van der Waals surface area contributed by atoms with Gasteiger partial charge in [0.05, 0.1) is 6.04 Å². The van der Waals surface area contributed by atoms with Gasteiger partial charge in [-0.25, -0.2) is 9.82 Å². The van der Waals surface area contributed by atoms with Gasteiger partial charge < -0.3 is 15.1 Å². The Bertz CT molecular complexity index is 731. The molecule has 31 heavy (non-hydrogen) atoms. The van der Waals surface area contributed by atoms with Gasteiger partial charge in [0.25, 0.3) is 0 Å². The van der Waals surface area contributed by atoms with E-state index in [9.17, 15) is 14.0 Å². The number of hydrogen-bond acceptors (Lipinski definition) is 5. The van der Waals surface area contributed by atoms with E-state index in [0.717, 1.165) is 32.2 Å². The highest BCUT2D eigenvalue weighted by atomic mass is 19.1. The maximum absolute atomic E-state index is 14.0. The zero-order valence-electron chi connectivity index (χ0n) is 18.3. The minimum Gasteiger partial charge on any atom is -0.341 e. The van der Waals surface area contributed by atoms with Crippen molar-refractivity contribution in [2.45, 2.75) is 100 Å². The molecule has 8 heteroatoms. The highest BCUT2D eigenvalue weighted by Crippen LogP contribution is 2.49. The summed E-state index contributed by atoms with van der Waals surface area (Å²) in [5.74, 6) is 1.05. The van der Waals surface area contributed by atoms with E-state index in [-0.39, 0.29) is 41.4 Å². The lowest BCUT2D eigenvalue weighted by atomic mass is 9.84. The molecule has 0 aromatic rings. The van der Waals surface area contributed by atoms with Crippen molar-refractivity contribution in [2.75, 3.05) is 19.6 Å². The maximum atomic E-state index is 14.0. The first-order valence-electron chi connectivity index (χ1n) is 12.6. The van der Waals surface area contributed by atoms with Crippen LogP contribution in [0.25, 0.3) is 0 Å². The molecule has 6 fully saturated rings. The van der Waals surface area contributed by atoms with Crippen molar-refractivity contribution < 1.29 is 14.0 Å². The third kappa shape index (κ3) is 3.49. The van der Waals surface area contributed by atoms with Crippen molar-refractivity contribution in [3.05, 3.63) is 0 Å². The van der Waals surface area contributed by atoms with Crippen LogP contribution in [0.2, 0.25) is 0 Å². The fraction of sp³-hybridized carbons (Fsp3) is 0.913. The number of nitrogens with zero attached hydrogens (tertiary/aromatic N) is 2. The first-order chi connectivity index (χ1) is 15.0. The number of halogens is 1. The van der Waals surface area contributed by atoms with Gasteiger partial charge in [-0.15, -0.1) is 0 Å². The Morgan fingerprint density at radius 3 is 2.58 bits per heavy atom. The lowest BCUT2D eigenvalue weighted by Gasteiger charge is -2.41. The van der Waals surface area contributed by atoms with Crippen LogP contribution in [-0.2, 0) is 9.59 Å². The fourth-order valence-corrected chi connectivity index (χ4v) is 7.24. The van der Waals surface area contributed by atoms with Crippen LogP contribution in [0.3, 0.4) is 0 Å². The summed E-state index contributed by atoms with van der Waals surface area (Å²) in [6, 6.07) is 0.344. The summed E-state index contributed by atoms with van der Waals surface area (Å²) in [4.78, 5) is 30.8. The summed E-state index contributed by atoms with van der Waals surface area (Å²) in [6.07, 6.45) is 8.84. The molecule has 1 spiro atoms. The van der Waals surface area contributed by atoms with Crippen LogP contribution in [0.4, 0.5) is 4.39 Å². The Morgan fingerprint density at radius 2 is 1.77 bits per heavy atom.